The molecule has 1 heterocycles. The zero-order valence-corrected chi connectivity index (χ0v) is 14.2. The first kappa shape index (κ1) is 17.2. The SMILES string of the molecule is NS(=O)(=O)c1cc(F)cc(NC(=O)N2CCCC2C2CCCC2)c1. The van der Waals surface area contributed by atoms with E-state index in [1.165, 1.54) is 18.9 Å². The summed E-state index contributed by atoms with van der Waals surface area (Å²) in [5.74, 6) is -0.226. The Hall–Kier alpha value is -1.67. The Morgan fingerprint density at radius 3 is 2.54 bits per heavy atom. The van der Waals surface area contributed by atoms with Crippen molar-refractivity contribution in [3.63, 3.8) is 0 Å². The van der Waals surface area contributed by atoms with Crippen LogP contribution in [0.4, 0.5) is 14.9 Å². The lowest BCUT2D eigenvalue weighted by atomic mass is 9.96. The molecule has 0 radical (unpaired) electrons. The molecule has 24 heavy (non-hydrogen) atoms. The first-order valence-corrected chi connectivity index (χ1v) is 9.80. The molecule has 2 amide bonds. The second kappa shape index (κ2) is 6.68. The largest absolute Gasteiger partial charge is 0.322 e. The van der Waals surface area contributed by atoms with Crippen molar-refractivity contribution in [3.8, 4) is 0 Å². The molecule has 132 valence electrons. The van der Waals surface area contributed by atoms with Gasteiger partial charge >= 0.3 is 6.03 Å². The molecule has 1 saturated carbocycles. The van der Waals surface area contributed by atoms with Crippen LogP contribution < -0.4 is 10.5 Å². The second-order valence-corrected chi connectivity index (χ2v) is 8.16. The van der Waals surface area contributed by atoms with Crippen LogP contribution in [-0.2, 0) is 10.0 Å². The van der Waals surface area contributed by atoms with Crippen molar-refractivity contribution >= 4 is 21.7 Å². The molecule has 1 aromatic carbocycles. The fourth-order valence-corrected chi connectivity index (χ4v) is 4.44. The van der Waals surface area contributed by atoms with Crippen LogP contribution in [0.2, 0.25) is 0 Å². The molecule has 1 atom stereocenters. The number of benzene rings is 1. The van der Waals surface area contributed by atoms with Gasteiger partial charge in [0.2, 0.25) is 10.0 Å². The molecular weight excluding hydrogens is 333 g/mol. The molecule has 8 heteroatoms. The highest BCUT2D eigenvalue weighted by molar-refractivity contribution is 7.89. The second-order valence-electron chi connectivity index (χ2n) is 6.60. The molecule has 6 nitrogen and oxygen atoms in total. The predicted molar refractivity (Wildman–Crippen MR) is 88.5 cm³/mol. The molecule has 1 saturated heterocycles. The average Bonchev–Trinajstić information content (AvgIpc) is 3.16. The first-order valence-electron chi connectivity index (χ1n) is 8.25. The molecule has 0 aromatic heterocycles. The average molecular weight is 355 g/mol. The maximum Gasteiger partial charge on any atom is 0.322 e. The lowest BCUT2D eigenvalue weighted by Crippen LogP contribution is -2.42. The summed E-state index contributed by atoms with van der Waals surface area (Å²) in [5, 5.41) is 7.65. The van der Waals surface area contributed by atoms with Gasteiger partial charge in [-0.15, -0.1) is 0 Å². The number of carbonyl (C=O) groups is 1. The maximum absolute atomic E-state index is 13.6. The molecule has 1 aliphatic heterocycles. The normalized spacial score (nSPS) is 22.1. The Morgan fingerprint density at radius 2 is 1.88 bits per heavy atom. The summed E-state index contributed by atoms with van der Waals surface area (Å²) in [6.45, 7) is 0.671. The molecule has 1 unspecified atom stereocenters. The summed E-state index contributed by atoms with van der Waals surface area (Å²) in [4.78, 5) is 14.0. The number of halogens is 1. The van der Waals surface area contributed by atoms with E-state index < -0.39 is 15.8 Å². The van der Waals surface area contributed by atoms with E-state index in [1.54, 1.807) is 4.90 Å². The van der Waals surface area contributed by atoms with Crippen molar-refractivity contribution in [2.24, 2.45) is 11.1 Å². The number of rotatable bonds is 3. The van der Waals surface area contributed by atoms with Crippen LogP contribution in [0.3, 0.4) is 0 Å². The first-order chi connectivity index (χ1) is 11.3. The van der Waals surface area contributed by atoms with E-state index in [0.717, 1.165) is 37.8 Å². The Bertz CT molecular complexity index is 732. The molecule has 1 aromatic rings. The van der Waals surface area contributed by atoms with E-state index in [4.69, 9.17) is 5.14 Å². The fraction of sp³-hybridized carbons (Fsp3) is 0.562. The minimum absolute atomic E-state index is 0.0982. The number of urea groups is 1. The summed E-state index contributed by atoms with van der Waals surface area (Å²) in [6.07, 6.45) is 6.65. The van der Waals surface area contributed by atoms with Crippen LogP contribution in [0.1, 0.15) is 38.5 Å². The third-order valence-electron chi connectivity index (χ3n) is 4.96. The highest BCUT2D eigenvalue weighted by Crippen LogP contribution is 2.35. The van der Waals surface area contributed by atoms with Crippen LogP contribution in [0.15, 0.2) is 23.1 Å². The molecule has 1 aliphatic carbocycles. The number of nitrogens with two attached hydrogens (primary N) is 1. The molecule has 3 N–H and O–H groups in total. The van der Waals surface area contributed by atoms with E-state index in [-0.39, 0.29) is 22.7 Å². The number of nitrogens with zero attached hydrogens (tertiary/aromatic N) is 1. The van der Waals surface area contributed by atoms with Gasteiger partial charge in [0.1, 0.15) is 5.82 Å². The Labute approximate surface area is 141 Å². The van der Waals surface area contributed by atoms with Crippen molar-refractivity contribution in [2.75, 3.05) is 11.9 Å². The van der Waals surface area contributed by atoms with Crippen molar-refractivity contribution in [2.45, 2.75) is 49.5 Å². The van der Waals surface area contributed by atoms with Gasteiger partial charge < -0.3 is 10.2 Å². The number of hydrogen-bond donors (Lipinski definition) is 2. The zero-order valence-electron chi connectivity index (χ0n) is 13.4. The maximum atomic E-state index is 13.6. The van der Waals surface area contributed by atoms with E-state index >= 15 is 0 Å². The number of primary sulfonamides is 1. The predicted octanol–water partition coefficient (Wildman–Crippen LogP) is 2.66. The monoisotopic (exact) mass is 355 g/mol. The van der Waals surface area contributed by atoms with Crippen LogP contribution in [0.25, 0.3) is 0 Å². The van der Waals surface area contributed by atoms with Gasteiger partial charge in [0.15, 0.2) is 0 Å². The third kappa shape index (κ3) is 3.70. The van der Waals surface area contributed by atoms with Crippen molar-refractivity contribution in [3.05, 3.63) is 24.0 Å². The van der Waals surface area contributed by atoms with Crippen LogP contribution in [-0.4, -0.2) is 31.9 Å². The summed E-state index contributed by atoms with van der Waals surface area (Å²) in [7, 11) is -4.03. The Morgan fingerprint density at radius 1 is 1.17 bits per heavy atom. The molecule has 2 aliphatic rings. The highest BCUT2D eigenvalue weighted by Gasteiger charge is 2.36. The molecule has 0 spiro atoms. The highest BCUT2D eigenvalue weighted by atomic mass is 32.2. The van der Waals surface area contributed by atoms with Gasteiger partial charge in [0.25, 0.3) is 0 Å². The smallest absolute Gasteiger partial charge is 0.321 e. The minimum Gasteiger partial charge on any atom is -0.321 e. The van der Waals surface area contributed by atoms with E-state index in [1.807, 2.05) is 0 Å². The molecule has 0 bridgehead atoms. The van der Waals surface area contributed by atoms with Crippen molar-refractivity contribution in [1.82, 2.24) is 4.90 Å². The summed E-state index contributed by atoms with van der Waals surface area (Å²) < 4.78 is 36.4. The van der Waals surface area contributed by atoms with Gasteiger partial charge in [-0.2, -0.15) is 0 Å². The summed E-state index contributed by atoms with van der Waals surface area (Å²) >= 11 is 0. The minimum atomic E-state index is -4.03. The van der Waals surface area contributed by atoms with Gasteiger partial charge in [0, 0.05) is 18.3 Å². The van der Waals surface area contributed by atoms with Crippen LogP contribution in [0, 0.1) is 11.7 Å². The van der Waals surface area contributed by atoms with E-state index in [0.29, 0.717) is 12.5 Å². The molecule has 2 fully saturated rings. The Kier molecular flexibility index (Phi) is 4.78. The number of carbonyl (C=O) groups excluding carboxylic acids is 1. The lowest BCUT2D eigenvalue weighted by molar-refractivity contribution is 0.185. The summed E-state index contributed by atoms with van der Waals surface area (Å²) in [5.41, 5.74) is 0.0982. The van der Waals surface area contributed by atoms with Gasteiger partial charge in [-0.25, -0.2) is 22.7 Å². The topological polar surface area (TPSA) is 92.5 Å². The number of nitrogens with one attached hydrogen (secondary N) is 1. The van der Waals surface area contributed by atoms with Gasteiger partial charge in [-0.05, 0) is 49.8 Å². The standard InChI is InChI=1S/C16H22FN3O3S/c17-12-8-13(10-14(9-12)24(18,22)23)19-16(21)20-7-3-6-15(20)11-4-1-2-5-11/h8-11,15H,1-7H2,(H,19,21)(H2,18,22,23). The van der Waals surface area contributed by atoms with Gasteiger partial charge in [-0.3, -0.25) is 0 Å². The third-order valence-corrected chi connectivity index (χ3v) is 5.85. The Balaban J connectivity index is 1.75. The quantitative estimate of drug-likeness (QED) is 0.873. The molecular formula is C16H22FN3O3S. The number of hydrogen-bond acceptors (Lipinski definition) is 3. The van der Waals surface area contributed by atoms with E-state index in [2.05, 4.69) is 5.32 Å². The number of amides is 2. The van der Waals surface area contributed by atoms with Gasteiger partial charge in [0.05, 0.1) is 4.90 Å². The zero-order chi connectivity index (χ0) is 17.3. The molecule has 3 rings (SSSR count). The fourth-order valence-electron chi connectivity index (χ4n) is 3.87. The van der Waals surface area contributed by atoms with Gasteiger partial charge in [-0.1, -0.05) is 12.8 Å². The van der Waals surface area contributed by atoms with Crippen molar-refractivity contribution < 1.29 is 17.6 Å². The number of likely N-dealkylation sites (tertiary alicyclic amines) is 1. The van der Waals surface area contributed by atoms with Crippen LogP contribution >= 0.6 is 0 Å². The lowest BCUT2D eigenvalue weighted by Gasteiger charge is -2.29. The number of sulfonamides is 1. The van der Waals surface area contributed by atoms with E-state index in [9.17, 15) is 17.6 Å². The number of anilines is 1. The van der Waals surface area contributed by atoms with Crippen LogP contribution in [0.5, 0.6) is 0 Å². The summed E-state index contributed by atoms with van der Waals surface area (Å²) in [6, 6.07) is 3.01. The van der Waals surface area contributed by atoms with Crippen molar-refractivity contribution in [1.29, 1.82) is 0 Å².